The highest BCUT2D eigenvalue weighted by atomic mass is 16.5. The van der Waals surface area contributed by atoms with Crippen molar-refractivity contribution in [1.82, 2.24) is 15.2 Å². The summed E-state index contributed by atoms with van der Waals surface area (Å²) in [5.41, 5.74) is 0.911. The Kier molecular flexibility index (Phi) is 4.81. The molecular formula is C14H14N4O3. The molecule has 0 aliphatic carbocycles. The van der Waals surface area contributed by atoms with Crippen molar-refractivity contribution in [2.45, 2.75) is 6.42 Å². The van der Waals surface area contributed by atoms with Gasteiger partial charge in [0, 0.05) is 6.08 Å². The SMILES string of the molecule is COC(=O)Cc1nc(NC(=O)/C=C\c2ccccc2)n[nH]1. The van der Waals surface area contributed by atoms with E-state index in [4.69, 9.17) is 0 Å². The molecule has 0 spiro atoms. The molecule has 0 fully saturated rings. The molecule has 2 aromatic rings. The smallest absolute Gasteiger partial charge is 0.313 e. The Hall–Kier alpha value is -2.96. The largest absolute Gasteiger partial charge is 0.469 e. The molecule has 0 atom stereocenters. The maximum absolute atomic E-state index is 11.7. The van der Waals surface area contributed by atoms with E-state index in [1.54, 1.807) is 6.08 Å². The van der Waals surface area contributed by atoms with Gasteiger partial charge in [0.05, 0.1) is 7.11 Å². The van der Waals surface area contributed by atoms with Crippen LogP contribution in [0.1, 0.15) is 11.4 Å². The molecule has 0 saturated carbocycles. The van der Waals surface area contributed by atoms with Crippen LogP contribution in [0.3, 0.4) is 0 Å². The zero-order valence-corrected chi connectivity index (χ0v) is 11.4. The monoisotopic (exact) mass is 286 g/mol. The van der Waals surface area contributed by atoms with Crippen molar-refractivity contribution in [3.8, 4) is 0 Å². The molecule has 7 nitrogen and oxygen atoms in total. The number of anilines is 1. The Morgan fingerprint density at radius 1 is 1.33 bits per heavy atom. The van der Waals surface area contributed by atoms with Crippen molar-refractivity contribution in [3.05, 3.63) is 47.8 Å². The fourth-order valence-electron chi connectivity index (χ4n) is 1.53. The van der Waals surface area contributed by atoms with Gasteiger partial charge in [-0.1, -0.05) is 30.3 Å². The van der Waals surface area contributed by atoms with Crippen molar-refractivity contribution in [1.29, 1.82) is 0 Å². The second-order valence-electron chi connectivity index (χ2n) is 4.09. The number of ether oxygens (including phenoxy) is 1. The van der Waals surface area contributed by atoms with E-state index in [9.17, 15) is 9.59 Å². The number of aromatic nitrogens is 3. The van der Waals surface area contributed by atoms with Crippen LogP contribution >= 0.6 is 0 Å². The van der Waals surface area contributed by atoms with Gasteiger partial charge in [0.25, 0.3) is 5.91 Å². The first-order chi connectivity index (χ1) is 10.2. The number of H-pyrrole nitrogens is 1. The topological polar surface area (TPSA) is 97.0 Å². The van der Waals surface area contributed by atoms with Crippen LogP contribution in [0.5, 0.6) is 0 Å². The Morgan fingerprint density at radius 2 is 2.10 bits per heavy atom. The third-order valence-electron chi connectivity index (χ3n) is 2.53. The van der Waals surface area contributed by atoms with E-state index in [1.807, 2.05) is 30.3 Å². The number of methoxy groups -OCH3 is 1. The molecule has 21 heavy (non-hydrogen) atoms. The minimum absolute atomic E-state index is 0.0285. The van der Waals surface area contributed by atoms with Crippen LogP contribution < -0.4 is 5.32 Å². The molecule has 2 N–H and O–H groups in total. The summed E-state index contributed by atoms with van der Waals surface area (Å²) in [5.74, 6) is -0.365. The van der Waals surface area contributed by atoms with E-state index in [0.29, 0.717) is 5.82 Å². The van der Waals surface area contributed by atoms with Crippen LogP contribution in [0.2, 0.25) is 0 Å². The number of hydrogen-bond acceptors (Lipinski definition) is 5. The highest BCUT2D eigenvalue weighted by Gasteiger charge is 2.09. The quantitative estimate of drug-likeness (QED) is 0.635. The Balaban J connectivity index is 1.91. The van der Waals surface area contributed by atoms with Gasteiger partial charge in [0.1, 0.15) is 12.2 Å². The van der Waals surface area contributed by atoms with Gasteiger partial charge >= 0.3 is 5.97 Å². The lowest BCUT2D eigenvalue weighted by molar-refractivity contribution is -0.139. The number of benzene rings is 1. The zero-order chi connectivity index (χ0) is 15.1. The van der Waals surface area contributed by atoms with Crippen molar-refractivity contribution >= 4 is 23.9 Å². The van der Waals surface area contributed by atoms with Gasteiger partial charge in [-0.15, -0.1) is 5.10 Å². The highest BCUT2D eigenvalue weighted by Crippen LogP contribution is 2.03. The summed E-state index contributed by atoms with van der Waals surface area (Å²) in [6.07, 6.45) is 3.03. The minimum atomic E-state index is -0.437. The first kappa shape index (κ1) is 14.4. The number of hydrogen-bond donors (Lipinski definition) is 2. The summed E-state index contributed by atoms with van der Waals surface area (Å²) in [5, 5.41) is 8.83. The molecule has 1 aromatic heterocycles. The predicted octanol–water partition coefficient (Wildman–Crippen LogP) is 1.17. The first-order valence-electron chi connectivity index (χ1n) is 6.19. The summed E-state index contributed by atoms with van der Waals surface area (Å²) in [6, 6.07) is 9.42. The third-order valence-corrected chi connectivity index (χ3v) is 2.53. The van der Waals surface area contributed by atoms with Crippen molar-refractivity contribution in [3.63, 3.8) is 0 Å². The summed E-state index contributed by atoms with van der Waals surface area (Å²) in [7, 11) is 1.29. The van der Waals surface area contributed by atoms with Crippen LogP contribution in [0.15, 0.2) is 36.4 Å². The van der Waals surface area contributed by atoms with E-state index in [1.165, 1.54) is 13.2 Å². The average molecular weight is 286 g/mol. The Morgan fingerprint density at radius 3 is 2.81 bits per heavy atom. The molecule has 2 rings (SSSR count). The Bertz CT molecular complexity index is 649. The molecule has 0 unspecified atom stereocenters. The van der Waals surface area contributed by atoms with E-state index < -0.39 is 5.97 Å². The fraction of sp³-hybridized carbons (Fsp3) is 0.143. The number of esters is 1. The van der Waals surface area contributed by atoms with Gasteiger partial charge in [-0.3, -0.25) is 20.0 Å². The number of nitrogens with zero attached hydrogens (tertiary/aromatic N) is 2. The molecule has 0 bridgehead atoms. The molecule has 1 amide bonds. The standard InChI is InChI=1S/C14H14N4O3/c1-21-13(20)9-11-15-14(18-17-11)16-12(19)8-7-10-5-3-2-4-6-10/h2-8H,9H2,1H3,(H2,15,16,17,18,19)/b8-7-. The van der Waals surface area contributed by atoms with Crippen LogP contribution in [0.4, 0.5) is 5.95 Å². The van der Waals surface area contributed by atoms with Crippen LogP contribution in [0, 0.1) is 0 Å². The summed E-state index contributed by atoms with van der Waals surface area (Å²) >= 11 is 0. The molecule has 1 heterocycles. The average Bonchev–Trinajstić information content (AvgIpc) is 2.93. The highest BCUT2D eigenvalue weighted by molar-refractivity contribution is 6.00. The molecule has 108 valence electrons. The van der Waals surface area contributed by atoms with Gasteiger partial charge < -0.3 is 4.74 Å². The third kappa shape index (κ3) is 4.57. The summed E-state index contributed by atoms with van der Waals surface area (Å²) in [6.45, 7) is 0. The minimum Gasteiger partial charge on any atom is -0.469 e. The number of carbonyl (C=O) groups is 2. The predicted molar refractivity (Wildman–Crippen MR) is 76.2 cm³/mol. The Labute approximate surface area is 121 Å². The van der Waals surface area contributed by atoms with Crippen LogP contribution in [0.25, 0.3) is 6.08 Å². The lowest BCUT2D eigenvalue weighted by atomic mass is 10.2. The van der Waals surface area contributed by atoms with Gasteiger partial charge in [0.15, 0.2) is 0 Å². The molecule has 0 aliphatic rings. The normalized spacial score (nSPS) is 10.5. The van der Waals surface area contributed by atoms with E-state index in [-0.39, 0.29) is 18.3 Å². The summed E-state index contributed by atoms with van der Waals surface area (Å²) in [4.78, 5) is 26.7. The number of rotatable bonds is 5. The summed E-state index contributed by atoms with van der Waals surface area (Å²) < 4.78 is 4.51. The number of nitrogens with one attached hydrogen (secondary N) is 2. The number of aromatic amines is 1. The lowest BCUT2D eigenvalue weighted by Crippen LogP contribution is -2.09. The van der Waals surface area contributed by atoms with E-state index in [2.05, 4.69) is 25.2 Å². The number of amides is 1. The van der Waals surface area contributed by atoms with Crippen molar-refractivity contribution < 1.29 is 14.3 Å². The molecule has 0 aliphatic heterocycles. The van der Waals surface area contributed by atoms with Crippen molar-refractivity contribution in [2.24, 2.45) is 0 Å². The molecule has 0 saturated heterocycles. The van der Waals surface area contributed by atoms with E-state index in [0.717, 1.165) is 5.56 Å². The van der Waals surface area contributed by atoms with Crippen LogP contribution in [-0.2, 0) is 20.7 Å². The lowest BCUT2D eigenvalue weighted by Gasteiger charge is -1.95. The number of carbonyl (C=O) groups excluding carboxylic acids is 2. The fourth-order valence-corrected chi connectivity index (χ4v) is 1.53. The maximum atomic E-state index is 11.7. The van der Waals surface area contributed by atoms with Crippen LogP contribution in [-0.4, -0.2) is 34.2 Å². The van der Waals surface area contributed by atoms with Gasteiger partial charge in [-0.2, -0.15) is 4.98 Å². The van der Waals surface area contributed by atoms with E-state index >= 15 is 0 Å². The molecule has 1 aromatic carbocycles. The van der Waals surface area contributed by atoms with Gasteiger partial charge in [-0.05, 0) is 11.6 Å². The second kappa shape index (κ2) is 6.99. The maximum Gasteiger partial charge on any atom is 0.313 e. The molecule has 7 heteroatoms. The second-order valence-corrected chi connectivity index (χ2v) is 4.09. The van der Waals surface area contributed by atoms with Gasteiger partial charge in [0.2, 0.25) is 5.95 Å². The molecular weight excluding hydrogens is 272 g/mol. The first-order valence-corrected chi connectivity index (χ1v) is 6.19. The van der Waals surface area contributed by atoms with Crippen molar-refractivity contribution in [2.75, 3.05) is 12.4 Å². The zero-order valence-electron chi connectivity index (χ0n) is 11.4. The van der Waals surface area contributed by atoms with Gasteiger partial charge in [-0.25, -0.2) is 0 Å². The molecule has 0 radical (unpaired) electrons.